The molecule has 0 saturated carbocycles. The molecule has 0 bridgehead atoms. The number of hydrogen-bond acceptors (Lipinski definition) is 6. The SMILES string of the molecule is O=c1[nH]c(/C(Cl)=C/c2ccc(OCc3ccccn3)cc2)nc2scc(-c3cccs3)c12. The zero-order chi connectivity index (χ0) is 21.9. The number of nitrogens with zero attached hydrogens (tertiary/aromatic N) is 2. The lowest BCUT2D eigenvalue weighted by atomic mass is 10.2. The number of halogens is 1. The molecule has 1 N–H and O–H groups in total. The summed E-state index contributed by atoms with van der Waals surface area (Å²) in [7, 11) is 0. The second-order valence-corrected chi connectivity index (χ2v) is 9.11. The quantitative estimate of drug-likeness (QED) is 0.306. The normalized spacial score (nSPS) is 11.7. The largest absolute Gasteiger partial charge is 0.487 e. The molecule has 0 atom stereocenters. The Morgan fingerprint density at radius 1 is 1.09 bits per heavy atom. The molecular formula is C24H16ClN3O2S2. The lowest BCUT2D eigenvalue weighted by Gasteiger charge is -2.06. The van der Waals surface area contributed by atoms with Crippen molar-refractivity contribution in [3.05, 3.63) is 99.0 Å². The molecule has 158 valence electrons. The number of thiophene rings is 2. The van der Waals surface area contributed by atoms with Crippen LogP contribution in [0.4, 0.5) is 0 Å². The average Bonchev–Trinajstić information content (AvgIpc) is 3.49. The molecule has 0 saturated heterocycles. The molecule has 4 aromatic heterocycles. The summed E-state index contributed by atoms with van der Waals surface area (Å²) in [6.07, 6.45) is 3.51. The molecule has 0 unspecified atom stereocenters. The molecular weight excluding hydrogens is 462 g/mol. The van der Waals surface area contributed by atoms with Crippen molar-refractivity contribution >= 4 is 55.6 Å². The average molecular weight is 478 g/mol. The van der Waals surface area contributed by atoms with Crippen LogP contribution >= 0.6 is 34.3 Å². The first-order valence-electron chi connectivity index (χ1n) is 9.73. The molecule has 4 heterocycles. The molecule has 0 aliphatic heterocycles. The van der Waals surface area contributed by atoms with Crippen molar-refractivity contribution in [3.63, 3.8) is 0 Å². The zero-order valence-electron chi connectivity index (χ0n) is 16.6. The first-order chi connectivity index (χ1) is 15.7. The minimum absolute atomic E-state index is 0.195. The third-order valence-electron chi connectivity index (χ3n) is 4.74. The van der Waals surface area contributed by atoms with E-state index in [4.69, 9.17) is 16.3 Å². The fraction of sp³-hybridized carbons (Fsp3) is 0.0417. The lowest BCUT2D eigenvalue weighted by molar-refractivity contribution is 0.301. The summed E-state index contributed by atoms with van der Waals surface area (Å²) in [6.45, 7) is 0.399. The third-order valence-corrected chi connectivity index (χ3v) is 6.81. The van der Waals surface area contributed by atoms with Crippen LogP contribution in [0.2, 0.25) is 0 Å². The van der Waals surface area contributed by atoms with Crippen molar-refractivity contribution in [2.75, 3.05) is 0 Å². The van der Waals surface area contributed by atoms with E-state index < -0.39 is 0 Å². The number of benzene rings is 1. The fourth-order valence-electron chi connectivity index (χ4n) is 3.19. The number of pyridine rings is 1. The van der Waals surface area contributed by atoms with E-state index in [9.17, 15) is 4.79 Å². The van der Waals surface area contributed by atoms with Crippen molar-refractivity contribution in [1.29, 1.82) is 0 Å². The molecule has 0 fully saturated rings. The predicted octanol–water partition coefficient (Wildman–Crippen LogP) is 6.42. The summed E-state index contributed by atoms with van der Waals surface area (Å²) in [6, 6.07) is 17.2. The van der Waals surface area contributed by atoms with Gasteiger partial charge >= 0.3 is 0 Å². The zero-order valence-corrected chi connectivity index (χ0v) is 19.0. The van der Waals surface area contributed by atoms with Crippen LogP contribution in [0.25, 0.3) is 31.8 Å². The van der Waals surface area contributed by atoms with Crippen LogP contribution in [0, 0.1) is 0 Å². The van der Waals surface area contributed by atoms with E-state index >= 15 is 0 Å². The van der Waals surface area contributed by atoms with Gasteiger partial charge in [-0.05, 0) is 47.4 Å². The lowest BCUT2D eigenvalue weighted by Crippen LogP contribution is -2.10. The van der Waals surface area contributed by atoms with E-state index in [0.29, 0.717) is 27.7 Å². The first-order valence-corrected chi connectivity index (χ1v) is 11.9. The second kappa shape index (κ2) is 9.08. The minimum atomic E-state index is -0.195. The Labute approximate surface area is 196 Å². The van der Waals surface area contributed by atoms with Gasteiger partial charge in [-0.3, -0.25) is 9.78 Å². The molecule has 0 amide bonds. The molecule has 0 aliphatic rings. The highest BCUT2D eigenvalue weighted by atomic mass is 35.5. The number of rotatable bonds is 6. The Balaban J connectivity index is 1.36. The number of aromatic amines is 1. The van der Waals surface area contributed by atoms with Crippen molar-refractivity contribution in [3.8, 4) is 16.2 Å². The van der Waals surface area contributed by atoms with Crippen LogP contribution in [0.15, 0.2) is 76.3 Å². The Morgan fingerprint density at radius 3 is 2.72 bits per heavy atom. The molecule has 5 aromatic rings. The van der Waals surface area contributed by atoms with Gasteiger partial charge in [-0.2, -0.15) is 0 Å². The molecule has 5 nitrogen and oxygen atoms in total. The van der Waals surface area contributed by atoms with Gasteiger partial charge in [0.1, 0.15) is 17.2 Å². The monoisotopic (exact) mass is 477 g/mol. The second-order valence-electron chi connectivity index (χ2n) is 6.89. The fourth-order valence-corrected chi connectivity index (χ4v) is 5.17. The van der Waals surface area contributed by atoms with E-state index in [0.717, 1.165) is 27.4 Å². The maximum atomic E-state index is 12.8. The van der Waals surface area contributed by atoms with Gasteiger partial charge < -0.3 is 9.72 Å². The highest BCUT2D eigenvalue weighted by Gasteiger charge is 2.14. The molecule has 1 aromatic carbocycles. The molecule has 8 heteroatoms. The molecule has 32 heavy (non-hydrogen) atoms. The smallest absolute Gasteiger partial charge is 0.260 e. The van der Waals surface area contributed by atoms with Crippen LogP contribution in [-0.4, -0.2) is 15.0 Å². The summed E-state index contributed by atoms with van der Waals surface area (Å²) in [4.78, 5) is 26.1. The number of aromatic nitrogens is 3. The van der Waals surface area contributed by atoms with Gasteiger partial charge in [-0.15, -0.1) is 22.7 Å². The Kier molecular flexibility index (Phi) is 5.85. The standard InChI is InChI=1S/C24H16ClN3O2S2/c25-19(12-15-6-8-17(9-7-15)30-13-16-4-1-2-10-26-16)22-27-23(29)21-18(14-32-24(21)28-22)20-5-3-11-31-20/h1-12,14H,13H2,(H,27,28,29)/b19-12-. The number of nitrogens with one attached hydrogen (secondary N) is 1. The van der Waals surface area contributed by atoms with Crippen molar-refractivity contribution in [2.24, 2.45) is 0 Å². The Bertz CT molecular complexity index is 1440. The third kappa shape index (κ3) is 4.36. The number of hydrogen-bond donors (Lipinski definition) is 1. The van der Waals surface area contributed by atoms with E-state index in [1.165, 1.54) is 11.3 Å². The van der Waals surface area contributed by atoms with Gasteiger partial charge in [0.2, 0.25) is 0 Å². The van der Waals surface area contributed by atoms with Crippen molar-refractivity contribution < 1.29 is 4.74 Å². The van der Waals surface area contributed by atoms with Crippen LogP contribution in [-0.2, 0) is 6.61 Å². The van der Waals surface area contributed by atoms with Crippen LogP contribution in [0.3, 0.4) is 0 Å². The summed E-state index contributed by atoms with van der Waals surface area (Å²) < 4.78 is 5.76. The van der Waals surface area contributed by atoms with Gasteiger partial charge in [0.15, 0.2) is 5.82 Å². The van der Waals surface area contributed by atoms with E-state index in [1.807, 2.05) is 65.4 Å². The van der Waals surface area contributed by atoms with Gasteiger partial charge in [-0.1, -0.05) is 35.9 Å². The van der Waals surface area contributed by atoms with Gasteiger partial charge in [0.05, 0.1) is 16.1 Å². The summed E-state index contributed by atoms with van der Waals surface area (Å²) in [5.74, 6) is 1.08. The first kappa shape index (κ1) is 20.6. The summed E-state index contributed by atoms with van der Waals surface area (Å²) in [5.41, 5.74) is 2.44. The Morgan fingerprint density at radius 2 is 1.97 bits per heavy atom. The van der Waals surface area contributed by atoms with Gasteiger partial charge in [-0.25, -0.2) is 4.98 Å². The number of fused-ring (bicyclic) bond motifs is 1. The van der Waals surface area contributed by atoms with Gasteiger partial charge in [0.25, 0.3) is 5.56 Å². The highest BCUT2D eigenvalue weighted by molar-refractivity contribution is 7.18. The van der Waals surface area contributed by atoms with Crippen LogP contribution in [0.1, 0.15) is 17.1 Å². The highest BCUT2D eigenvalue weighted by Crippen LogP contribution is 2.34. The van der Waals surface area contributed by atoms with Gasteiger partial charge in [0, 0.05) is 22.0 Å². The Hall–Kier alpha value is -3.26. The molecule has 0 aliphatic carbocycles. The number of ether oxygens (including phenoxy) is 1. The summed E-state index contributed by atoms with van der Waals surface area (Å²) in [5, 5.41) is 4.91. The van der Waals surface area contributed by atoms with E-state index in [2.05, 4.69) is 15.0 Å². The van der Waals surface area contributed by atoms with Crippen LogP contribution < -0.4 is 10.3 Å². The van der Waals surface area contributed by atoms with Crippen LogP contribution in [0.5, 0.6) is 5.75 Å². The minimum Gasteiger partial charge on any atom is -0.487 e. The summed E-state index contributed by atoms with van der Waals surface area (Å²) >= 11 is 9.53. The maximum Gasteiger partial charge on any atom is 0.260 e. The van der Waals surface area contributed by atoms with Crippen molar-refractivity contribution in [2.45, 2.75) is 6.61 Å². The van der Waals surface area contributed by atoms with E-state index in [-0.39, 0.29) is 5.56 Å². The molecule has 5 rings (SSSR count). The van der Waals surface area contributed by atoms with Crippen molar-refractivity contribution in [1.82, 2.24) is 15.0 Å². The predicted molar refractivity (Wildman–Crippen MR) is 132 cm³/mol. The topological polar surface area (TPSA) is 67.9 Å². The number of H-pyrrole nitrogens is 1. The molecule has 0 spiro atoms. The molecule has 0 radical (unpaired) electrons. The maximum absolute atomic E-state index is 12.8. The van der Waals surface area contributed by atoms with E-state index in [1.54, 1.807) is 23.6 Å².